The SMILES string of the molecule is CC(C)(C)OC(=O)N(C1CCNC1)C(c1ccc(Cl)nc1)C(F)(F)F. The highest BCUT2D eigenvalue weighted by Crippen LogP contribution is 2.40. The quantitative estimate of drug-likeness (QED) is 0.808. The minimum atomic E-state index is -4.69. The molecule has 2 unspecified atom stereocenters. The van der Waals surface area contributed by atoms with Gasteiger partial charge in [0.25, 0.3) is 0 Å². The molecule has 25 heavy (non-hydrogen) atoms. The van der Waals surface area contributed by atoms with Crippen LogP contribution in [0.5, 0.6) is 0 Å². The molecule has 2 atom stereocenters. The minimum absolute atomic E-state index is 0.0797. The van der Waals surface area contributed by atoms with Gasteiger partial charge in [0, 0.05) is 24.3 Å². The number of rotatable bonds is 3. The normalized spacial score (nSPS) is 19.6. The second kappa shape index (κ2) is 7.37. The molecule has 0 radical (unpaired) electrons. The zero-order valence-electron chi connectivity index (χ0n) is 14.2. The summed E-state index contributed by atoms with van der Waals surface area (Å²) in [7, 11) is 0. The van der Waals surface area contributed by atoms with Crippen LogP contribution in [-0.4, -0.2) is 46.9 Å². The molecule has 9 heteroatoms. The molecule has 0 saturated carbocycles. The van der Waals surface area contributed by atoms with E-state index in [1.807, 2.05) is 0 Å². The van der Waals surface area contributed by atoms with Gasteiger partial charge in [-0.3, -0.25) is 4.90 Å². The number of nitrogens with zero attached hydrogens (tertiary/aromatic N) is 2. The van der Waals surface area contributed by atoms with E-state index in [4.69, 9.17) is 16.3 Å². The zero-order valence-corrected chi connectivity index (χ0v) is 15.0. The number of halogens is 4. The molecule has 140 valence electrons. The van der Waals surface area contributed by atoms with Crippen molar-refractivity contribution < 1.29 is 22.7 Å². The van der Waals surface area contributed by atoms with E-state index in [9.17, 15) is 18.0 Å². The summed E-state index contributed by atoms with van der Waals surface area (Å²) >= 11 is 5.68. The predicted octanol–water partition coefficient (Wildman–Crippen LogP) is 3.94. The molecular formula is C16H21ClF3N3O2. The lowest BCUT2D eigenvalue weighted by molar-refractivity contribution is -0.188. The van der Waals surface area contributed by atoms with Gasteiger partial charge < -0.3 is 10.1 Å². The third-order valence-electron chi connectivity index (χ3n) is 3.69. The van der Waals surface area contributed by atoms with Crippen LogP contribution in [-0.2, 0) is 4.74 Å². The monoisotopic (exact) mass is 379 g/mol. The fourth-order valence-corrected chi connectivity index (χ4v) is 2.82. The summed E-state index contributed by atoms with van der Waals surface area (Å²) in [5, 5.41) is 3.06. The molecule has 1 fully saturated rings. The smallest absolute Gasteiger partial charge is 0.413 e. The van der Waals surface area contributed by atoms with E-state index in [2.05, 4.69) is 10.3 Å². The average molecular weight is 380 g/mol. The maximum Gasteiger partial charge on any atom is 0.413 e. The molecular weight excluding hydrogens is 359 g/mol. The van der Waals surface area contributed by atoms with Crippen LogP contribution in [0.25, 0.3) is 0 Å². The molecule has 2 rings (SSSR count). The number of pyridine rings is 1. The maximum absolute atomic E-state index is 13.9. The van der Waals surface area contributed by atoms with Gasteiger partial charge in [0.1, 0.15) is 10.8 Å². The van der Waals surface area contributed by atoms with Gasteiger partial charge in [-0.15, -0.1) is 0 Å². The van der Waals surface area contributed by atoms with Crippen LogP contribution in [0.3, 0.4) is 0 Å². The molecule has 1 aliphatic heterocycles. The Labute approximate surface area is 149 Å². The van der Waals surface area contributed by atoms with Crippen LogP contribution in [0.4, 0.5) is 18.0 Å². The molecule has 2 heterocycles. The summed E-state index contributed by atoms with van der Waals surface area (Å²) in [6.45, 7) is 5.65. The third kappa shape index (κ3) is 5.22. The molecule has 1 aliphatic rings. The number of hydrogen-bond acceptors (Lipinski definition) is 4. The standard InChI is InChI=1S/C16H21ClF3N3O2/c1-15(2,3)25-14(24)23(11-6-7-21-9-11)13(16(18,19)20)10-4-5-12(17)22-8-10/h4-5,8,11,13,21H,6-7,9H2,1-3H3. The first kappa shape index (κ1) is 19.8. The van der Waals surface area contributed by atoms with E-state index in [0.29, 0.717) is 13.0 Å². The first-order chi connectivity index (χ1) is 11.5. The van der Waals surface area contributed by atoms with Crippen LogP contribution in [0.1, 0.15) is 38.8 Å². The second-order valence-corrected chi connectivity index (χ2v) is 7.28. The van der Waals surface area contributed by atoms with Crippen LogP contribution < -0.4 is 5.32 Å². The molecule has 1 aromatic heterocycles. The molecule has 5 nitrogen and oxygen atoms in total. The van der Waals surface area contributed by atoms with Crippen LogP contribution in [0.2, 0.25) is 5.15 Å². The van der Waals surface area contributed by atoms with Gasteiger partial charge in [0.15, 0.2) is 6.04 Å². The Kier molecular flexibility index (Phi) is 5.83. The van der Waals surface area contributed by atoms with E-state index in [0.717, 1.165) is 11.1 Å². The molecule has 1 saturated heterocycles. The Morgan fingerprint density at radius 2 is 2.08 bits per heavy atom. The average Bonchev–Trinajstić information content (AvgIpc) is 2.96. The number of ether oxygens (including phenoxy) is 1. The fraction of sp³-hybridized carbons (Fsp3) is 0.625. The Hall–Kier alpha value is -1.54. The Bertz CT molecular complexity index is 596. The number of aromatic nitrogens is 1. The molecule has 1 aromatic rings. The molecule has 0 bridgehead atoms. The molecule has 0 aromatic carbocycles. The van der Waals surface area contributed by atoms with Gasteiger partial charge in [-0.25, -0.2) is 9.78 Å². The number of carbonyl (C=O) groups is 1. The van der Waals surface area contributed by atoms with Crippen molar-refractivity contribution >= 4 is 17.7 Å². The van der Waals surface area contributed by atoms with Crippen molar-refractivity contribution in [2.45, 2.75) is 51.1 Å². The number of hydrogen-bond donors (Lipinski definition) is 1. The van der Waals surface area contributed by atoms with Gasteiger partial charge in [-0.2, -0.15) is 13.2 Å². The van der Waals surface area contributed by atoms with Crippen LogP contribution in [0, 0.1) is 0 Å². The van der Waals surface area contributed by atoms with Crippen molar-refractivity contribution in [1.82, 2.24) is 15.2 Å². The first-order valence-electron chi connectivity index (χ1n) is 7.89. The van der Waals surface area contributed by atoms with Crippen LogP contribution in [0.15, 0.2) is 18.3 Å². The number of carbonyl (C=O) groups excluding carboxylic acids is 1. The summed E-state index contributed by atoms with van der Waals surface area (Å²) < 4.78 is 46.9. The lowest BCUT2D eigenvalue weighted by Crippen LogP contribution is -2.50. The highest BCUT2D eigenvalue weighted by molar-refractivity contribution is 6.29. The summed E-state index contributed by atoms with van der Waals surface area (Å²) in [6.07, 6.45) is -4.24. The van der Waals surface area contributed by atoms with Gasteiger partial charge in [-0.1, -0.05) is 17.7 Å². The summed E-state index contributed by atoms with van der Waals surface area (Å²) in [6, 6.07) is -0.280. The van der Waals surface area contributed by atoms with Gasteiger partial charge in [0.2, 0.25) is 0 Å². The number of amides is 1. The lowest BCUT2D eigenvalue weighted by atomic mass is 10.0. The summed E-state index contributed by atoms with van der Waals surface area (Å²) in [4.78, 5) is 17.1. The van der Waals surface area contributed by atoms with Crippen molar-refractivity contribution in [3.05, 3.63) is 29.0 Å². The molecule has 0 spiro atoms. The first-order valence-corrected chi connectivity index (χ1v) is 8.27. The third-order valence-corrected chi connectivity index (χ3v) is 3.91. The molecule has 1 N–H and O–H groups in total. The van der Waals surface area contributed by atoms with E-state index in [1.54, 1.807) is 20.8 Å². The zero-order chi connectivity index (χ0) is 18.8. The predicted molar refractivity (Wildman–Crippen MR) is 87.4 cm³/mol. The van der Waals surface area contributed by atoms with E-state index in [-0.39, 0.29) is 17.3 Å². The van der Waals surface area contributed by atoms with Crippen molar-refractivity contribution in [3.63, 3.8) is 0 Å². The second-order valence-electron chi connectivity index (χ2n) is 6.89. The van der Waals surface area contributed by atoms with Gasteiger partial charge in [-0.05, 0) is 39.8 Å². The highest BCUT2D eigenvalue weighted by Gasteiger charge is 2.50. The topological polar surface area (TPSA) is 54.5 Å². The summed E-state index contributed by atoms with van der Waals surface area (Å²) in [5.41, 5.74) is -1.06. The Balaban J connectivity index is 2.45. The Morgan fingerprint density at radius 1 is 1.40 bits per heavy atom. The van der Waals surface area contributed by atoms with Crippen molar-refractivity contribution in [2.24, 2.45) is 0 Å². The summed E-state index contributed by atoms with van der Waals surface area (Å²) in [5.74, 6) is 0. The van der Waals surface area contributed by atoms with E-state index < -0.39 is 30.0 Å². The van der Waals surface area contributed by atoms with Crippen molar-refractivity contribution in [1.29, 1.82) is 0 Å². The van der Waals surface area contributed by atoms with Gasteiger partial charge in [0.05, 0.1) is 0 Å². The fourth-order valence-electron chi connectivity index (χ4n) is 2.71. The highest BCUT2D eigenvalue weighted by atomic mass is 35.5. The van der Waals surface area contributed by atoms with E-state index >= 15 is 0 Å². The van der Waals surface area contributed by atoms with Crippen LogP contribution >= 0.6 is 11.6 Å². The lowest BCUT2D eigenvalue weighted by Gasteiger charge is -2.38. The Morgan fingerprint density at radius 3 is 2.52 bits per heavy atom. The van der Waals surface area contributed by atoms with Gasteiger partial charge >= 0.3 is 12.3 Å². The largest absolute Gasteiger partial charge is 0.444 e. The minimum Gasteiger partial charge on any atom is -0.444 e. The molecule has 1 amide bonds. The number of alkyl halides is 3. The molecule has 0 aliphatic carbocycles. The van der Waals surface area contributed by atoms with Crippen molar-refractivity contribution in [2.75, 3.05) is 13.1 Å². The van der Waals surface area contributed by atoms with Crippen molar-refractivity contribution in [3.8, 4) is 0 Å². The van der Waals surface area contributed by atoms with E-state index in [1.165, 1.54) is 12.1 Å². The number of nitrogens with one attached hydrogen (secondary N) is 1. The maximum atomic E-state index is 13.9.